The lowest BCUT2D eigenvalue weighted by atomic mass is 9.92. The number of hydrogen-bond donors (Lipinski definition) is 2. The van der Waals surface area contributed by atoms with E-state index in [9.17, 15) is 9.90 Å². The number of carbonyl (C=O) groups is 1. The Kier molecular flexibility index (Phi) is 5.40. The average Bonchev–Trinajstić information content (AvgIpc) is 2.20. The highest BCUT2D eigenvalue weighted by Gasteiger charge is 2.35. The van der Waals surface area contributed by atoms with Gasteiger partial charge in [0.05, 0.1) is 12.2 Å². The molecule has 0 aromatic rings. The number of nitrogens with one attached hydrogen (secondary N) is 1. The highest BCUT2D eigenvalue weighted by atomic mass is 16.5. The van der Waals surface area contributed by atoms with Gasteiger partial charge >= 0.3 is 5.97 Å². The summed E-state index contributed by atoms with van der Waals surface area (Å²) in [5.74, 6) is -0.796. The lowest BCUT2D eigenvalue weighted by Gasteiger charge is -2.33. The Hall–Kier alpha value is -0.610. The van der Waals surface area contributed by atoms with Crippen LogP contribution in [0.5, 0.6) is 0 Å². The van der Waals surface area contributed by atoms with Crippen LogP contribution in [0.3, 0.4) is 0 Å². The number of ether oxygens (including phenoxy) is 1. The third-order valence-electron chi connectivity index (χ3n) is 3.41. The molecule has 0 heterocycles. The van der Waals surface area contributed by atoms with E-state index in [1.54, 1.807) is 6.92 Å². The molecule has 1 rings (SSSR count). The summed E-state index contributed by atoms with van der Waals surface area (Å²) in [6, 6.07) is 0. The first kappa shape index (κ1) is 14.5. The van der Waals surface area contributed by atoms with Gasteiger partial charge < -0.3 is 15.2 Å². The van der Waals surface area contributed by atoms with Crippen LogP contribution in [0.15, 0.2) is 0 Å². The highest BCUT2D eigenvalue weighted by Crippen LogP contribution is 2.25. The summed E-state index contributed by atoms with van der Waals surface area (Å²) >= 11 is 0. The highest BCUT2D eigenvalue weighted by molar-refractivity contribution is 5.78. The molecular formula is C13H25NO3. The molecule has 0 aliphatic heterocycles. The van der Waals surface area contributed by atoms with Gasteiger partial charge in [-0.1, -0.05) is 6.92 Å². The minimum absolute atomic E-state index is 0.00856. The molecule has 4 heteroatoms. The summed E-state index contributed by atoms with van der Waals surface area (Å²) in [6.07, 6.45) is 5.27. The summed E-state index contributed by atoms with van der Waals surface area (Å²) in [5, 5.41) is 12.4. The monoisotopic (exact) mass is 243 g/mol. The minimum atomic E-state index is -0.876. The molecule has 2 N–H and O–H groups in total. The molecule has 100 valence electrons. The Labute approximate surface area is 104 Å². The van der Waals surface area contributed by atoms with Crippen LogP contribution in [0, 0.1) is 0 Å². The number of aliphatic carboxylic acids is 1. The second-order valence-corrected chi connectivity index (χ2v) is 5.27. The zero-order valence-corrected chi connectivity index (χ0v) is 11.2. The fourth-order valence-electron chi connectivity index (χ4n) is 2.09. The SMILES string of the molecule is CCCNC(C)(CC(C)OC1CCC1)C(=O)O. The van der Waals surface area contributed by atoms with Crippen molar-refractivity contribution in [1.29, 1.82) is 0 Å². The molecule has 0 bridgehead atoms. The van der Waals surface area contributed by atoms with Crippen molar-refractivity contribution in [2.24, 2.45) is 0 Å². The number of rotatable bonds is 8. The van der Waals surface area contributed by atoms with Gasteiger partial charge in [0.25, 0.3) is 0 Å². The molecule has 0 spiro atoms. The van der Waals surface area contributed by atoms with Crippen molar-refractivity contribution < 1.29 is 14.6 Å². The van der Waals surface area contributed by atoms with Gasteiger partial charge in [0.15, 0.2) is 0 Å². The van der Waals surface area contributed by atoms with E-state index in [0.717, 1.165) is 25.8 Å². The van der Waals surface area contributed by atoms with Crippen LogP contribution in [0.25, 0.3) is 0 Å². The van der Waals surface area contributed by atoms with Gasteiger partial charge in [-0.2, -0.15) is 0 Å². The van der Waals surface area contributed by atoms with Gasteiger partial charge in [-0.25, -0.2) is 0 Å². The third kappa shape index (κ3) is 4.28. The Morgan fingerprint density at radius 3 is 2.65 bits per heavy atom. The predicted molar refractivity (Wildman–Crippen MR) is 67.1 cm³/mol. The van der Waals surface area contributed by atoms with E-state index >= 15 is 0 Å². The first-order chi connectivity index (χ1) is 7.98. The standard InChI is InChI=1S/C13H25NO3/c1-4-8-14-13(3,12(15)16)9-10(2)17-11-6-5-7-11/h10-11,14H,4-9H2,1-3H3,(H,15,16). The van der Waals surface area contributed by atoms with Crippen LogP contribution in [-0.4, -0.2) is 35.4 Å². The van der Waals surface area contributed by atoms with E-state index in [4.69, 9.17) is 4.74 Å². The second-order valence-electron chi connectivity index (χ2n) is 5.27. The largest absolute Gasteiger partial charge is 0.480 e. The molecule has 1 aliphatic rings. The lowest BCUT2D eigenvalue weighted by molar-refractivity contribution is -0.147. The topological polar surface area (TPSA) is 58.6 Å². The molecule has 0 aromatic heterocycles. The molecular weight excluding hydrogens is 218 g/mol. The summed E-state index contributed by atoms with van der Waals surface area (Å²) < 4.78 is 5.81. The first-order valence-electron chi connectivity index (χ1n) is 6.62. The van der Waals surface area contributed by atoms with E-state index in [1.165, 1.54) is 6.42 Å². The normalized spacial score (nSPS) is 21.6. The van der Waals surface area contributed by atoms with Gasteiger partial charge in [-0.05, 0) is 46.1 Å². The molecule has 2 atom stereocenters. The molecule has 0 amide bonds. The fourth-order valence-corrected chi connectivity index (χ4v) is 2.09. The van der Waals surface area contributed by atoms with Gasteiger partial charge in [-0.3, -0.25) is 4.79 Å². The van der Waals surface area contributed by atoms with Crippen molar-refractivity contribution in [3.8, 4) is 0 Å². The maximum Gasteiger partial charge on any atom is 0.323 e. The molecule has 0 aromatic carbocycles. The summed E-state index contributed by atoms with van der Waals surface area (Å²) in [5.41, 5.74) is -0.876. The van der Waals surface area contributed by atoms with E-state index < -0.39 is 11.5 Å². The molecule has 0 radical (unpaired) electrons. The fraction of sp³-hybridized carbons (Fsp3) is 0.923. The maximum absolute atomic E-state index is 11.3. The summed E-state index contributed by atoms with van der Waals surface area (Å²) in [4.78, 5) is 11.3. The van der Waals surface area contributed by atoms with Gasteiger partial charge in [-0.15, -0.1) is 0 Å². The number of carboxylic acids is 1. The predicted octanol–water partition coefficient (Wildman–Crippen LogP) is 2.18. The van der Waals surface area contributed by atoms with Crippen molar-refractivity contribution in [1.82, 2.24) is 5.32 Å². The van der Waals surface area contributed by atoms with Crippen LogP contribution in [0.4, 0.5) is 0 Å². The lowest BCUT2D eigenvalue weighted by Crippen LogP contribution is -2.52. The van der Waals surface area contributed by atoms with Gasteiger partial charge in [0.2, 0.25) is 0 Å². The third-order valence-corrected chi connectivity index (χ3v) is 3.41. The van der Waals surface area contributed by atoms with E-state index in [-0.39, 0.29) is 6.10 Å². The molecule has 2 unspecified atom stereocenters. The van der Waals surface area contributed by atoms with Crippen LogP contribution < -0.4 is 5.32 Å². The van der Waals surface area contributed by atoms with E-state index in [1.807, 2.05) is 13.8 Å². The van der Waals surface area contributed by atoms with Crippen molar-refractivity contribution in [2.45, 2.75) is 70.6 Å². The van der Waals surface area contributed by atoms with Crippen molar-refractivity contribution in [3.63, 3.8) is 0 Å². The quantitative estimate of drug-likeness (QED) is 0.686. The number of carboxylic acid groups (broad SMARTS) is 1. The van der Waals surface area contributed by atoms with Crippen LogP contribution in [0.1, 0.15) is 52.9 Å². The average molecular weight is 243 g/mol. The Bertz CT molecular complexity index is 253. The molecule has 17 heavy (non-hydrogen) atoms. The van der Waals surface area contributed by atoms with Crippen LogP contribution in [-0.2, 0) is 9.53 Å². The van der Waals surface area contributed by atoms with Crippen LogP contribution in [0.2, 0.25) is 0 Å². The first-order valence-corrected chi connectivity index (χ1v) is 6.62. The smallest absolute Gasteiger partial charge is 0.323 e. The van der Waals surface area contributed by atoms with Crippen LogP contribution >= 0.6 is 0 Å². The molecule has 1 fully saturated rings. The second kappa shape index (κ2) is 6.36. The van der Waals surface area contributed by atoms with Crippen molar-refractivity contribution in [3.05, 3.63) is 0 Å². The molecule has 1 aliphatic carbocycles. The van der Waals surface area contributed by atoms with E-state index in [0.29, 0.717) is 12.5 Å². The Balaban J connectivity index is 2.43. The number of hydrogen-bond acceptors (Lipinski definition) is 3. The Morgan fingerprint density at radius 1 is 1.59 bits per heavy atom. The van der Waals surface area contributed by atoms with Crippen molar-refractivity contribution >= 4 is 5.97 Å². The van der Waals surface area contributed by atoms with Gasteiger partial charge in [0.1, 0.15) is 5.54 Å². The Morgan fingerprint density at radius 2 is 2.24 bits per heavy atom. The summed E-state index contributed by atoms with van der Waals surface area (Å²) in [7, 11) is 0. The van der Waals surface area contributed by atoms with E-state index in [2.05, 4.69) is 5.32 Å². The minimum Gasteiger partial charge on any atom is -0.480 e. The molecule has 0 saturated heterocycles. The molecule has 4 nitrogen and oxygen atoms in total. The molecule has 1 saturated carbocycles. The van der Waals surface area contributed by atoms with Gasteiger partial charge in [0, 0.05) is 6.42 Å². The summed E-state index contributed by atoms with van der Waals surface area (Å²) in [6.45, 7) is 6.46. The zero-order chi connectivity index (χ0) is 12.9. The maximum atomic E-state index is 11.3. The zero-order valence-electron chi connectivity index (χ0n) is 11.2. The van der Waals surface area contributed by atoms with Crippen molar-refractivity contribution in [2.75, 3.05) is 6.54 Å².